The molecule has 100 valence electrons. The molecule has 1 fully saturated rings. The first kappa shape index (κ1) is 11.2. The molecule has 4 rings (SSSR count). The molecule has 1 aliphatic heterocycles. The molecule has 0 amide bonds. The van der Waals surface area contributed by atoms with E-state index in [1.54, 1.807) is 0 Å². The van der Waals surface area contributed by atoms with Crippen LogP contribution in [0.1, 0.15) is 36.2 Å². The van der Waals surface area contributed by atoms with E-state index in [1.807, 2.05) is 12.4 Å². The van der Waals surface area contributed by atoms with Crippen molar-refractivity contribution in [1.29, 1.82) is 0 Å². The summed E-state index contributed by atoms with van der Waals surface area (Å²) in [7, 11) is 0. The van der Waals surface area contributed by atoms with Crippen molar-refractivity contribution in [3.8, 4) is 0 Å². The van der Waals surface area contributed by atoms with Crippen molar-refractivity contribution in [2.45, 2.75) is 37.6 Å². The molecule has 3 heterocycles. The summed E-state index contributed by atoms with van der Waals surface area (Å²) >= 11 is 0. The topological polar surface area (TPSA) is 60.6 Å². The monoisotopic (exact) mass is 257 g/mol. The number of fused-ring (bicyclic) bond motifs is 2. The van der Waals surface area contributed by atoms with Crippen molar-refractivity contribution in [3.05, 3.63) is 35.4 Å². The number of nitrogens with zero attached hydrogens (tertiary/aromatic N) is 3. The van der Waals surface area contributed by atoms with E-state index in [1.165, 1.54) is 49.2 Å². The Hall–Kier alpha value is -1.62. The van der Waals surface area contributed by atoms with Gasteiger partial charge in [0.1, 0.15) is 0 Å². The van der Waals surface area contributed by atoms with Crippen LogP contribution in [0.25, 0.3) is 0 Å². The molecule has 2 aromatic rings. The number of nitrogens with one attached hydrogen (secondary N) is 2. The van der Waals surface area contributed by atoms with Crippen LogP contribution in [0.5, 0.6) is 0 Å². The molecule has 0 radical (unpaired) electrons. The lowest BCUT2D eigenvalue weighted by molar-refractivity contribution is 0.135. The summed E-state index contributed by atoms with van der Waals surface area (Å²) in [6, 6.07) is 2.07. The van der Waals surface area contributed by atoms with E-state index in [9.17, 15) is 0 Å². The molecule has 5 heteroatoms. The van der Waals surface area contributed by atoms with Crippen LogP contribution in [-0.2, 0) is 18.4 Å². The van der Waals surface area contributed by atoms with Gasteiger partial charge in [0, 0.05) is 36.1 Å². The van der Waals surface area contributed by atoms with E-state index in [2.05, 4.69) is 31.4 Å². The smallest absolute Gasteiger partial charge is 0.0522 e. The SMILES string of the molecule is c1cc(CN2CCCC3(CCc4cn[nH]c43)C2)[nH]n1. The predicted molar refractivity (Wildman–Crippen MR) is 71.7 cm³/mol. The van der Waals surface area contributed by atoms with Gasteiger partial charge >= 0.3 is 0 Å². The van der Waals surface area contributed by atoms with Gasteiger partial charge in [0.15, 0.2) is 0 Å². The van der Waals surface area contributed by atoms with E-state index in [4.69, 9.17) is 0 Å². The minimum absolute atomic E-state index is 0.324. The van der Waals surface area contributed by atoms with E-state index in [0.29, 0.717) is 5.41 Å². The lowest BCUT2D eigenvalue weighted by atomic mass is 9.77. The van der Waals surface area contributed by atoms with Crippen LogP contribution in [0.15, 0.2) is 18.5 Å². The van der Waals surface area contributed by atoms with Crippen LogP contribution in [-0.4, -0.2) is 38.4 Å². The third-order valence-electron chi connectivity index (χ3n) is 4.73. The number of H-pyrrole nitrogens is 2. The van der Waals surface area contributed by atoms with Crippen molar-refractivity contribution >= 4 is 0 Å². The van der Waals surface area contributed by atoms with Gasteiger partial charge in [0.25, 0.3) is 0 Å². The molecule has 1 unspecified atom stereocenters. The lowest BCUT2D eigenvalue weighted by Gasteiger charge is -2.40. The zero-order valence-corrected chi connectivity index (χ0v) is 11.0. The van der Waals surface area contributed by atoms with Gasteiger partial charge in [-0.2, -0.15) is 10.2 Å². The third kappa shape index (κ3) is 1.80. The van der Waals surface area contributed by atoms with E-state index in [0.717, 1.165) is 13.1 Å². The first-order chi connectivity index (χ1) is 9.36. The number of aromatic amines is 2. The fourth-order valence-electron chi connectivity index (χ4n) is 3.84. The van der Waals surface area contributed by atoms with Gasteiger partial charge in [-0.25, -0.2) is 0 Å². The van der Waals surface area contributed by atoms with Crippen LogP contribution in [0.4, 0.5) is 0 Å². The first-order valence-corrected chi connectivity index (χ1v) is 7.09. The Bertz CT molecular complexity index is 558. The van der Waals surface area contributed by atoms with Crippen LogP contribution in [0.3, 0.4) is 0 Å². The summed E-state index contributed by atoms with van der Waals surface area (Å²) < 4.78 is 0. The van der Waals surface area contributed by atoms with Crippen molar-refractivity contribution in [2.75, 3.05) is 13.1 Å². The number of likely N-dealkylation sites (tertiary alicyclic amines) is 1. The number of hydrogen-bond acceptors (Lipinski definition) is 3. The Labute approximate surface area is 112 Å². The van der Waals surface area contributed by atoms with Gasteiger partial charge in [-0.1, -0.05) is 0 Å². The summed E-state index contributed by atoms with van der Waals surface area (Å²) in [6.07, 6.45) is 8.86. The summed E-state index contributed by atoms with van der Waals surface area (Å²) in [5.74, 6) is 0. The van der Waals surface area contributed by atoms with Crippen molar-refractivity contribution in [1.82, 2.24) is 25.3 Å². The quantitative estimate of drug-likeness (QED) is 0.859. The van der Waals surface area contributed by atoms with Gasteiger partial charge in [-0.3, -0.25) is 15.1 Å². The predicted octanol–water partition coefficient (Wildman–Crippen LogP) is 1.61. The molecule has 2 N–H and O–H groups in total. The molecule has 1 saturated heterocycles. The first-order valence-electron chi connectivity index (χ1n) is 7.09. The Morgan fingerprint density at radius 1 is 1.26 bits per heavy atom. The van der Waals surface area contributed by atoms with Crippen LogP contribution in [0.2, 0.25) is 0 Å². The Balaban J connectivity index is 1.56. The number of piperidine rings is 1. The molecule has 2 aromatic heterocycles. The molecular weight excluding hydrogens is 238 g/mol. The maximum atomic E-state index is 4.23. The minimum atomic E-state index is 0.324. The van der Waals surface area contributed by atoms with E-state index < -0.39 is 0 Å². The maximum Gasteiger partial charge on any atom is 0.0522 e. The van der Waals surface area contributed by atoms with Gasteiger partial charge in [-0.15, -0.1) is 0 Å². The normalized spacial score (nSPS) is 26.9. The fraction of sp³-hybridized carbons (Fsp3) is 0.571. The summed E-state index contributed by atoms with van der Waals surface area (Å²) in [5, 5.41) is 14.6. The third-order valence-corrected chi connectivity index (χ3v) is 4.73. The van der Waals surface area contributed by atoms with Crippen molar-refractivity contribution in [2.24, 2.45) is 0 Å². The highest BCUT2D eigenvalue weighted by Gasteiger charge is 2.43. The number of rotatable bonds is 2. The second-order valence-electron chi connectivity index (χ2n) is 5.95. The molecule has 5 nitrogen and oxygen atoms in total. The van der Waals surface area contributed by atoms with Gasteiger partial charge in [0.05, 0.1) is 6.20 Å². The van der Waals surface area contributed by atoms with E-state index in [-0.39, 0.29) is 0 Å². The van der Waals surface area contributed by atoms with Crippen molar-refractivity contribution in [3.63, 3.8) is 0 Å². The molecule has 0 aromatic carbocycles. The van der Waals surface area contributed by atoms with Gasteiger partial charge in [0.2, 0.25) is 0 Å². The second-order valence-corrected chi connectivity index (χ2v) is 5.95. The summed E-state index contributed by atoms with van der Waals surface area (Å²) in [6.45, 7) is 3.30. The summed E-state index contributed by atoms with van der Waals surface area (Å²) in [4.78, 5) is 2.55. The highest BCUT2D eigenvalue weighted by molar-refractivity contribution is 5.33. The van der Waals surface area contributed by atoms with Gasteiger partial charge < -0.3 is 0 Å². The van der Waals surface area contributed by atoms with Crippen LogP contribution >= 0.6 is 0 Å². The fourth-order valence-corrected chi connectivity index (χ4v) is 3.84. The average Bonchev–Trinajstić information content (AvgIpc) is 3.11. The zero-order chi connectivity index (χ0) is 12.7. The standard InChI is InChI=1S/C14H19N5/c1-4-14(5-2-11-8-16-18-13(11)14)10-19(7-1)9-12-3-6-15-17-12/h3,6,8H,1-2,4-5,7,9-10H2,(H,15,17)(H,16,18). The Morgan fingerprint density at radius 3 is 3.16 bits per heavy atom. The number of hydrogen-bond donors (Lipinski definition) is 2. The summed E-state index contributed by atoms with van der Waals surface area (Å²) in [5.41, 5.74) is 4.37. The molecule has 0 bridgehead atoms. The number of aryl methyl sites for hydroxylation is 1. The molecule has 1 atom stereocenters. The van der Waals surface area contributed by atoms with Crippen LogP contribution < -0.4 is 0 Å². The van der Waals surface area contributed by atoms with Crippen molar-refractivity contribution < 1.29 is 0 Å². The van der Waals surface area contributed by atoms with E-state index >= 15 is 0 Å². The maximum absolute atomic E-state index is 4.23. The van der Waals surface area contributed by atoms with Gasteiger partial charge in [-0.05, 0) is 43.9 Å². The minimum Gasteiger partial charge on any atom is -0.297 e. The Kier molecular flexibility index (Phi) is 2.48. The van der Waals surface area contributed by atoms with Crippen LogP contribution in [0, 0.1) is 0 Å². The Morgan fingerprint density at radius 2 is 2.26 bits per heavy atom. The highest BCUT2D eigenvalue weighted by Crippen LogP contribution is 2.43. The molecule has 19 heavy (non-hydrogen) atoms. The lowest BCUT2D eigenvalue weighted by Crippen LogP contribution is -2.44. The highest BCUT2D eigenvalue weighted by atomic mass is 15.2. The average molecular weight is 257 g/mol. The molecule has 2 aliphatic rings. The molecular formula is C14H19N5. The molecule has 1 spiro atoms. The largest absolute Gasteiger partial charge is 0.297 e. The molecule has 0 saturated carbocycles. The second kappa shape index (κ2) is 4.20. The zero-order valence-electron chi connectivity index (χ0n) is 11.0. The number of aromatic nitrogens is 4. The molecule has 1 aliphatic carbocycles.